The number of carbonyl (C=O) groups is 1. The van der Waals surface area contributed by atoms with Crippen LogP contribution >= 0.6 is 0 Å². The molecule has 2 nitrogen and oxygen atoms in total. The Balaban J connectivity index is 2.67. The van der Waals surface area contributed by atoms with E-state index in [9.17, 15) is 4.79 Å². The number of aliphatic imine (C=N–C) groups is 1. The van der Waals surface area contributed by atoms with Gasteiger partial charge in [0, 0.05) is 17.3 Å². The van der Waals surface area contributed by atoms with Gasteiger partial charge in [-0.05, 0) is 18.1 Å². The number of rotatable bonds is 1. The Hall–Kier alpha value is -1.44. The first-order chi connectivity index (χ1) is 5.83. The lowest BCUT2D eigenvalue weighted by Gasteiger charge is -2.03. The van der Waals surface area contributed by atoms with Crippen molar-refractivity contribution in [2.24, 2.45) is 4.99 Å². The molecule has 0 spiro atoms. The molecule has 2 rings (SSSR count). The van der Waals surface area contributed by atoms with Gasteiger partial charge in [-0.2, -0.15) is 0 Å². The van der Waals surface area contributed by atoms with Crippen molar-refractivity contribution < 1.29 is 4.79 Å². The monoisotopic (exact) mass is 159 g/mol. The second-order valence-electron chi connectivity index (χ2n) is 2.94. The Morgan fingerprint density at radius 1 is 1.50 bits per heavy atom. The summed E-state index contributed by atoms with van der Waals surface area (Å²) in [4.78, 5) is 14.7. The molecular weight excluding hydrogens is 150 g/mol. The third-order valence-electron chi connectivity index (χ3n) is 2.26. The van der Waals surface area contributed by atoms with Gasteiger partial charge in [0.15, 0.2) is 0 Å². The van der Waals surface area contributed by atoms with Crippen molar-refractivity contribution >= 4 is 12.5 Å². The van der Waals surface area contributed by atoms with Crippen molar-refractivity contribution in [1.29, 1.82) is 0 Å². The fraction of sp³-hybridized carbons (Fsp3) is 0.200. The normalized spacial score (nSPS) is 13.1. The zero-order valence-corrected chi connectivity index (χ0v) is 6.87. The highest BCUT2D eigenvalue weighted by Crippen LogP contribution is 2.20. The lowest BCUT2D eigenvalue weighted by molar-refractivity contribution is 0.112. The predicted molar refractivity (Wildman–Crippen MR) is 47.9 cm³/mol. The standard InChI is InChI=1S/C10H9NO/c1-7-9(6-12)3-2-8-4-11-5-10(7)8/h2-3,5-6H,4H2,1H3. The zero-order valence-electron chi connectivity index (χ0n) is 6.87. The van der Waals surface area contributed by atoms with E-state index in [1.54, 1.807) is 0 Å². The summed E-state index contributed by atoms with van der Waals surface area (Å²) in [6, 6.07) is 3.83. The molecule has 12 heavy (non-hydrogen) atoms. The van der Waals surface area contributed by atoms with Gasteiger partial charge in [0.05, 0.1) is 6.54 Å². The van der Waals surface area contributed by atoms with Gasteiger partial charge in [-0.3, -0.25) is 9.79 Å². The number of carbonyl (C=O) groups excluding carboxylic acids is 1. The molecule has 0 saturated heterocycles. The Bertz CT molecular complexity index is 366. The van der Waals surface area contributed by atoms with E-state index < -0.39 is 0 Å². The quantitative estimate of drug-likeness (QED) is 0.574. The molecule has 0 saturated carbocycles. The Morgan fingerprint density at radius 3 is 3.08 bits per heavy atom. The van der Waals surface area contributed by atoms with E-state index >= 15 is 0 Å². The second kappa shape index (κ2) is 2.55. The average Bonchev–Trinajstić information content (AvgIpc) is 2.53. The maximum atomic E-state index is 10.6. The highest BCUT2D eigenvalue weighted by molar-refractivity contribution is 5.90. The first-order valence-electron chi connectivity index (χ1n) is 3.90. The van der Waals surface area contributed by atoms with Crippen LogP contribution in [-0.4, -0.2) is 12.5 Å². The minimum Gasteiger partial charge on any atom is -0.298 e. The highest BCUT2D eigenvalue weighted by atomic mass is 16.1. The zero-order chi connectivity index (χ0) is 8.55. The van der Waals surface area contributed by atoms with Gasteiger partial charge in [-0.1, -0.05) is 12.1 Å². The molecule has 1 aromatic carbocycles. The van der Waals surface area contributed by atoms with Crippen molar-refractivity contribution in [2.45, 2.75) is 13.5 Å². The fourth-order valence-corrected chi connectivity index (χ4v) is 1.48. The molecule has 0 aliphatic carbocycles. The van der Waals surface area contributed by atoms with Gasteiger partial charge in [0.2, 0.25) is 0 Å². The summed E-state index contributed by atoms with van der Waals surface area (Å²) in [6.07, 6.45) is 2.74. The van der Waals surface area contributed by atoms with E-state index in [0.717, 1.165) is 29.5 Å². The van der Waals surface area contributed by atoms with Crippen LogP contribution in [0, 0.1) is 6.92 Å². The van der Waals surface area contributed by atoms with E-state index in [2.05, 4.69) is 4.99 Å². The summed E-state index contributed by atoms with van der Waals surface area (Å²) in [5.74, 6) is 0. The summed E-state index contributed by atoms with van der Waals surface area (Å²) >= 11 is 0. The lowest BCUT2D eigenvalue weighted by atomic mass is 10.00. The van der Waals surface area contributed by atoms with E-state index in [1.165, 1.54) is 5.56 Å². The molecule has 0 aromatic heterocycles. The summed E-state index contributed by atoms with van der Waals surface area (Å²) < 4.78 is 0. The first-order valence-corrected chi connectivity index (χ1v) is 3.90. The molecule has 0 N–H and O–H groups in total. The summed E-state index contributed by atoms with van der Waals surface area (Å²) in [7, 11) is 0. The third kappa shape index (κ3) is 0.881. The van der Waals surface area contributed by atoms with Crippen LogP contribution in [0.15, 0.2) is 17.1 Å². The summed E-state index contributed by atoms with van der Waals surface area (Å²) in [6.45, 7) is 2.72. The van der Waals surface area contributed by atoms with Crippen LogP contribution in [0.5, 0.6) is 0 Å². The molecule has 1 aliphatic rings. The molecule has 2 heteroatoms. The van der Waals surface area contributed by atoms with E-state index in [4.69, 9.17) is 0 Å². The summed E-state index contributed by atoms with van der Waals surface area (Å²) in [5, 5.41) is 0. The molecule has 1 aromatic rings. The number of hydrogen-bond donors (Lipinski definition) is 0. The van der Waals surface area contributed by atoms with Gasteiger partial charge >= 0.3 is 0 Å². The van der Waals surface area contributed by atoms with E-state index in [1.807, 2.05) is 25.3 Å². The molecule has 0 radical (unpaired) electrons. The van der Waals surface area contributed by atoms with Crippen LogP contribution in [0.2, 0.25) is 0 Å². The van der Waals surface area contributed by atoms with E-state index in [0.29, 0.717) is 0 Å². The number of benzene rings is 1. The average molecular weight is 159 g/mol. The van der Waals surface area contributed by atoms with Gasteiger partial charge in [0.25, 0.3) is 0 Å². The Kier molecular flexibility index (Phi) is 1.54. The molecule has 1 aliphatic heterocycles. The van der Waals surface area contributed by atoms with Crippen LogP contribution in [0.4, 0.5) is 0 Å². The molecular formula is C10H9NO. The van der Waals surface area contributed by atoms with Crippen LogP contribution in [0.3, 0.4) is 0 Å². The molecule has 0 unspecified atom stereocenters. The summed E-state index contributed by atoms with van der Waals surface area (Å²) in [5.41, 5.74) is 4.16. The highest BCUT2D eigenvalue weighted by Gasteiger charge is 2.10. The molecule has 60 valence electrons. The van der Waals surface area contributed by atoms with Gasteiger partial charge in [0.1, 0.15) is 6.29 Å². The molecule has 1 heterocycles. The van der Waals surface area contributed by atoms with Crippen molar-refractivity contribution in [3.63, 3.8) is 0 Å². The van der Waals surface area contributed by atoms with Crippen LogP contribution < -0.4 is 0 Å². The van der Waals surface area contributed by atoms with Crippen molar-refractivity contribution in [3.05, 3.63) is 34.4 Å². The predicted octanol–water partition coefficient (Wildman–Crippen LogP) is 1.74. The first kappa shape index (κ1) is 7.22. The molecule has 0 atom stereocenters. The number of aldehydes is 1. The molecule has 0 fully saturated rings. The Morgan fingerprint density at radius 2 is 2.33 bits per heavy atom. The van der Waals surface area contributed by atoms with Crippen LogP contribution in [-0.2, 0) is 6.54 Å². The minimum absolute atomic E-state index is 0.759. The lowest BCUT2D eigenvalue weighted by Crippen LogP contribution is -1.94. The fourth-order valence-electron chi connectivity index (χ4n) is 1.48. The Labute approximate surface area is 70.9 Å². The van der Waals surface area contributed by atoms with E-state index in [-0.39, 0.29) is 0 Å². The van der Waals surface area contributed by atoms with Gasteiger partial charge in [-0.25, -0.2) is 0 Å². The largest absolute Gasteiger partial charge is 0.298 e. The maximum Gasteiger partial charge on any atom is 0.150 e. The van der Waals surface area contributed by atoms with Crippen LogP contribution in [0.25, 0.3) is 0 Å². The number of nitrogens with zero attached hydrogens (tertiary/aromatic N) is 1. The molecule has 0 bridgehead atoms. The number of fused-ring (bicyclic) bond motifs is 1. The molecule has 0 amide bonds. The smallest absolute Gasteiger partial charge is 0.150 e. The van der Waals surface area contributed by atoms with Gasteiger partial charge in [-0.15, -0.1) is 0 Å². The van der Waals surface area contributed by atoms with Crippen molar-refractivity contribution in [2.75, 3.05) is 0 Å². The van der Waals surface area contributed by atoms with Crippen LogP contribution in [0.1, 0.15) is 27.0 Å². The number of hydrogen-bond acceptors (Lipinski definition) is 2. The maximum absolute atomic E-state index is 10.6. The SMILES string of the molecule is Cc1c(C=O)ccc2c1C=NC2. The van der Waals surface area contributed by atoms with Crippen molar-refractivity contribution in [1.82, 2.24) is 0 Å². The third-order valence-corrected chi connectivity index (χ3v) is 2.26. The van der Waals surface area contributed by atoms with Crippen molar-refractivity contribution in [3.8, 4) is 0 Å². The van der Waals surface area contributed by atoms with Gasteiger partial charge < -0.3 is 0 Å². The second-order valence-corrected chi connectivity index (χ2v) is 2.94. The topological polar surface area (TPSA) is 29.4 Å². The minimum atomic E-state index is 0.759.